The Morgan fingerprint density at radius 1 is 1.16 bits per heavy atom. The number of thioether (sulfide) groups is 1. The minimum Gasteiger partial charge on any atom is -0.325 e. The highest BCUT2D eigenvalue weighted by Gasteiger charge is 2.22. The summed E-state index contributed by atoms with van der Waals surface area (Å²) in [6, 6.07) is 14.7. The van der Waals surface area contributed by atoms with Crippen molar-refractivity contribution in [2.24, 2.45) is 7.05 Å². The molecule has 0 aliphatic rings. The van der Waals surface area contributed by atoms with Crippen molar-refractivity contribution in [3.63, 3.8) is 0 Å². The van der Waals surface area contributed by atoms with Crippen LogP contribution in [0.15, 0.2) is 64.8 Å². The van der Waals surface area contributed by atoms with Crippen LogP contribution in [0.3, 0.4) is 0 Å². The van der Waals surface area contributed by atoms with Crippen molar-refractivity contribution >= 4 is 33.4 Å². The highest BCUT2D eigenvalue weighted by molar-refractivity contribution is 8.00. The molecule has 0 spiro atoms. The van der Waals surface area contributed by atoms with Crippen LogP contribution in [-0.2, 0) is 21.9 Å². The quantitative estimate of drug-likeness (QED) is 0.545. The normalized spacial score (nSPS) is 12.7. The lowest BCUT2D eigenvalue weighted by Crippen LogP contribution is -2.25. The van der Waals surface area contributed by atoms with Crippen molar-refractivity contribution < 1.29 is 13.2 Å². The average Bonchev–Trinajstić information content (AvgIpc) is 3.10. The Morgan fingerprint density at radius 2 is 1.84 bits per heavy atom. The second-order valence-corrected chi connectivity index (χ2v) is 10.8. The van der Waals surface area contributed by atoms with Crippen LogP contribution >= 0.6 is 11.8 Å². The third-order valence-corrected chi connectivity index (χ3v) is 7.88. The monoisotopic (exact) mass is 458 g/mol. The van der Waals surface area contributed by atoms with Crippen molar-refractivity contribution in [2.45, 2.75) is 29.1 Å². The molecule has 3 rings (SSSR count). The van der Waals surface area contributed by atoms with Crippen LogP contribution in [0.25, 0.3) is 11.3 Å². The van der Waals surface area contributed by atoms with Gasteiger partial charge in [0.05, 0.1) is 22.0 Å². The smallest absolute Gasteiger partial charge is 0.242 e. The number of hydrogen-bond acceptors (Lipinski definition) is 5. The first-order valence-electron chi connectivity index (χ1n) is 9.69. The van der Waals surface area contributed by atoms with Gasteiger partial charge < -0.3 is 9.88 Å². The van der Waals surface area contributed by atoms with Gasteiger partial charge in [0.2, 0.25) is 15.9 Å². The van der Waals surface area contributed by atoms with Crippen molar-refractivity contribution in [1.82, 2.24) is 13.9 Å². The average molecular weight is 459 g/mol. The van der Waals surface area contributed by atoms with Crippen LogP contribution in [0.5, 0.6) is 0 Å². The van der Waals surface area contributed by atoms with Crippen LogP contribution in [-0.4, -0.2) is 47.5 Å². The number of carbonyl (C=O) groups is 1. The van der Waals surface area contributed by atoms with Gasteiger partial charge in [-0.1, -0.05) is 48.2 Å². The van der Waals surface area contributed by atoms with Gasteiger partial charge in [0, 0.05) is 26.8 Å². The maximum atomic E-state index is 12.8. The van der Waals surface area contributed by atoms with Gasteiger partial charge in [-0.25, -0.2) is 17.7 Å². The maximum Gasteiger partial charge on any atom is 0.242 e. The number of amides is 1. The predicted molar refractivity (Wildman–Crippen MR) is 125 cm³/mol. The van der Waals surface area contributed by atoms with Crippen molar-refractivity contribution in [1.29, 1.82) is 0 Å². The second kappa shape index (κ2) is 9.25. The van der Waals surface area contributed by atoms with E-state index < -0.39 is 15.3 Å². The second-order valence-electron chi connectivity index (χ2n) is 7.36. The van der Waals surface area contributed by atoms with Gasteiger partial charge in [0.15, 0.2) is 5.16 Å². The Balaban J connectivity index is 1.76. The maximum absolute atomic E-state index is 12.8. The third-order valence-electron chi connectivity index (χ3n) is 4.91. The summed E-state index contributed by atoms with van der Waals surface area (Å²) in [5.41, 5.74) is 3.28. The van der Waals surface area contributed by atoms with Crippen molar-refractivity contribution in [2.75, 3.05) is 19.4 Å². The Kier molecular flexibility index (Phi) is 6.88. The summed E-state index contributed by atoms with van der Waals surface area (Å²) in [6.45, 7) is 3.62. The zero-order valence-corrected chi connectivity index (χ0v) is 19.8. The molecule has 9 heteroatoms. The molecule has 1 amide bonds. The Bertz CT molecular complexity index is 1190. The van der Waals surface area contributed by atoms with Crippen LogP contribution in [0, 0.1) is 6.92 Å². The minimum atomic E-state index is -3.59. The highest BCUT2D eigenvalue weighted by atomic mass is 32.2. The van der Waals surface area contributed by atoms with Crippen LogP contribution < -0.4 is 5.32 Å². The predicted octanol–water partition coefficient (Wildman–Crippen LogP) is 3.77. The summed E-state index contributed by atoms with van der Waals surface area (Å²) in [5.74, 6) is -0.225. The molecule has 1 atom stereocenters. The fourth-order valence-corrected chi connectivity index (χ4v) is 4.71. The molecule has 164 valence electrons. The summed E-state index contributed by atoms with van der Waals surface area (Å²) in [6.07, 6.45) is 1.79. The largest absolute Gasteiger partial charge is 0.325 e. The summed E-state index contributed by atoms with van der Waals surface area (Å²) >= 11 is 1.35. The molecule has 0 aliphatic heterocycles. The Labute approximate surface area is 187 Å². The number of nitrogens with zero attached hydrogens (tertiary/aromatic N) is 3. The first kappa shape index (κ1) is 23.1. The summed E-state index contributed by atoms with van der Waals surface area (Å²) in [7, 11) is 1.28. The van der Waals surface area contributed by atoms with Gasteiger partial charge in [-0.15, -0.1) is 0 Å². The molecule has 31 heavy (non-hydrogen) atoms. The van der Waals surface area contributed by atoms with Gasteiger partial charge in [-0.05, 0) is 37.1 Å². The fourth-order valence-electron chi connectivity index (χ4n) is 2.93. The molecule has 0 saturated heterocycles. The fraction of sp³-hybridized carbons (Fsp3) is 0.273. The first-order chi connectivity index (χ1) is 14.6. The van der Waals surface area contributed by atoms with Crippen molar-refractivity contribution in [3.05, 3.63) is 60.3 Å². The molecule has 1 heterocycles. The zero-order valence-electron chi connectivity index (χ0n) is 18.2. The van der Waals surface area contributed by atoms with Crippen molar-refractivity contribution in [3.8, 4) is 11.3 Å². The van der Waals surface area contributed by atoms with Gasteiger partial charge in [-0.3, -0.25) is 4.79 Å². The number of sulfonamides is 1. The minimum absolute atomic E-state index is 0.135. The first-order valence-corrected chi connectivity index (χ1v) is 12.0. The summed E-state index contributed by atoms with van der Waals surface area (Å²) in [5, 5.41) is 3.15. The van der Waals surface area contributed by atoms with E-state index in [0.717, 1.165) is 26.3 Å². The van der Waals surface area contributed by atoms with Crippen LogP contribution in [0.1, 0.15) is 12.5 Å². The van der Waals surface area contributed by atoms with Gasteiger partial charge >= 0.3 is 0 Å². The molecular formula is C22H26N4O3S2. The molecule has 0 radical (unpaired) electrons. The molecule has 1 N–H and O–H groups in total. The van der Waals surface area contributed by atoms with Crippen LogP contribution in [0.2, 0.25) is 0 Å². The Hall–Kier alpha value is -2.62. The number of rotatable bonds is 7. The lowest BCUT2D eigenvalue weighted by Gasteiger charge is -2.16. The van der Waals surface area contributed by atoms with E-state index in [1.807, 2.05) is 48.9 Å². The van der Waals surface area contributed by atoms with Gasteiger partial charge in [0.25, 0.3) is 0 Å². The number of anilines is 1. The molecule has 1 aromatic heterocycles. The number of aromatic nitrogens is 2. The van der Waals surface area contributed by atoms with E-state index in [2.05, 4.69) is 10.3 Å². The SMILES string of the molecule is Cc1ccc(S(=O)(=O)N(C)C)cc1NC(=O)[C@@H](C)Sc1ncc(-c2ccccc2)n1C. The van der Waals surface area contributed by atoms with E-state index in [4.69, 9.17) is 0 Å². The molecule has 0 bridgehead atoms. The standard InChI is InChI=1S/C22H26N4O3S2/c1-15-11-12-18(31(28,29)25(3)4)13-19(15)24-21(27)16(2)30-22-23-14-20(26(22)5)17-9-7-6-8-10-17/h6-14,16H,1-5H3,(H,24,27)/t16-/m1/s1. The number of imidazole rings is 1. The molecule has 0 fully saturated rings. The molecular weight excluding hydrogens is 432 g/mol. The number of carbonyl (C=O) groups excluding carboxylic acids is 1. The zero-order chi connectivity index (χ0) is 22.8. The van der Waals surface area contributed by atoms with Gasteiger partial charge in [-0.2, -0.15) is 0 Å². The van der Waals surface area contributed by atoms with E-state index in [1.54, 1.807) is 19.2 Å². The van der Waals surface area contributed by atoms with Gasteiger partial charge in [0.1, 0.15) is 0 Å². The van der Waals surface area contributed by atoms with E-state index in [9.17, 15) is 13.2 Å². The highest BCUT2D eigenvalue weighted by Crippen LogP contribution is 2.28. The number of benzene rings is 2. The molecule has 0 aliphatic carbocycles. The topological polar surface area (TPSA) is 84.3 Å². The summed E-state index contributed by atoms with van der Waals surface area (Å²) in [4.78, 5) is 17.4. The number of nitrogens with one attached hydrogen (secondary N) is 1. The lowest BCUT2D eigenvalue weighted by atomic mass is 10.2. The molecule has 0 saturated carbocycles. The van der Waals surface area contributed by atoms with Crippen LogP contribution in [0.4, 0.5) is 5.69 Å². The number of hydrogen-bond donors (Lipinski definition) is 1. The Morgan fingerprint density at radius 3 is 2.48 bits per heavy atom. The summed E-state index contributed by atoms with van der Waals surface area (Å²) < 4.78 is 27.9. The third kappa shape index (κ3) is 5.00. The van der Waals surface area contributed by atoms with E-state index in [-0.39, 0.29) is 10.8 Å². The lowest BCUT2D eigenvalue weighted by molar-refractivity contribution is -0.115. The van der Waals surface area contributed by atoms with E-state index in [0.29, 0.717) is 5.69 Å². The molecule has 2 aromatic carbocycles. The number of aryl methyl sites for hydroxylation is 1. The molecule has 0 unspecified atom stereocenters. The molecule has 7 nitrogen and oxygen atoms in total. The van der Waals surface area contributed by atoms with E-state index >= 15 is 0 Å². The van der Waals surface area contributed by atoms with E-state index in [1.165, 1.54) is 38.0 Å². The molecule has 3 aromatic rings.